The molecular formula is C22H24N4O2. The van der Waals surface area contributed by atoms with Crippen LogP contribution in [-0.2, 0) is 4.79 Å². The van der Waals surface area contributed by atoms with Gasteiger partial charge in [0.15, 0.2) is 6.61 Å². The van der Waals surface area contributed by atoms with Crippen molar-refractivity contribution in [2.45, 2.75) is 27.7 Å². The van der Waals surface area contributed by atoms with E-state index >= 15 is 0 Å². The van der Waals surface area contributed by atoms with Crippen LogP contribution in [0.2, 0.25) is 0 Å². The summed E-state index contributed by atoms with van der Waals surface area (Å²) in [7, 11) is 0. The van der Waals surface area contributed by atoms with Crippen LogP contribution in [-0.4, -0.2) is 28.5 Å². The fourth-order valence-electron chi connectivity index (χ4n) is 2.82. The molecule has 0 saturated carbocycles. The molecule has 0 radical (unpaired) electrons. The molecule has 0 bridgehead atoms. The molecule has 0 atom stereocenters. The van der Waals surface area contributed by atoms with Gasteiger partial charge in [0, 0.05) is 5.56 Å². The Morgan fingerprint density at radius 2 is 1.86 bits per heavy atom. The fourth-order valence-corrected chi connectivity index (χ4v) is 2.82. The van der Waals surface area contributed by atoms with Crippen molar-refractivity contribution in [3.05, 3.63) is 76.6 Å². The number of hydrogen-bond acceptors (Lipinski definition) is 4. The highest BCUT2D eigenvalue weighted by Crippen LogP contribution is 2.17. The Labute approximate surface area is 164 Å². The van der Waals surface area contributed by atoms with Crippen molar-refractivity contribution in [2.24, 2.45) is 5.10 Å². The summed E-state index contributed by atoms with van der Waals surface area (Å²) in [6.45, 7) is 7.83. The number of aromatic nitrogens is 2. The smallest absolute Gasteiger partial charge is 0.277 e. The maximum atomic E-state index is 12.0. The summed E-state index contributed by atoms with van der Waals surface area (Å²) < 4.78 is 7.38. The van der Waals surface area contributed by atoms with Crippen molar-refractivity contribution in [3.63, 3.8) is 0 Å². The Balaban J connectivity index is 1.60. The summed E-state index contributed by atoms with van der Waals surface area (Å²) in [5.74, 6) is 0.346. The second kappa shape index (κ2) is 8.52. The number of nitrogens with one attached hydrogen (secondary N) is 1. The maximum Gasteiger partial charge on any atom is 0.277 e. The minimum absolute atomic E-state index is 0.0961. The lowest BCUT2D eigenvalue weighted by molar-refractivity contribution is -0.123. The van der Waals surface area contributed by atoms with Crippen LogP contribution in [0.15, 0.2) is 53.6 Å². The topological polar surface area (TPSA) is 68.5 Å². The van der Waals surface area contributed by atoms with Gasteiger partial charge in [-0.1, -0.05) is 24.3 Å². The first-order chi connectivity index (χ1) is 13.5. The zero-order valence-corrected chi connectivity index (χ0v) is 16.6. The third-order valence-corrected chi connectivity index (χ3v) is 4.58. The maximum absolute atomic E-state index is 12.0. The van der Waals surface area contributed by atoms with Crippen molar-refractivity contribution < 1.29 is 9.53 Å². The molecule has 1 amide bonds. The number of amides is 1. The van der Waals surface area contributed by atoms with Crippen molar-refractivity contribution in [1.82, 2.24) is 15.2 Å². The Kier molecular flexibility index (Phi) is 5.89. The number of carbonyl (C=O) groups excluding carboxylic acids is 1. The van der Waals surface area contributed by atoms with Gasteiger partial charge in [-0.25, -0.2) is 10.1 Å². The monoisotopic (exact) mass is 376 g/mol. The van der Waals surface area contributed by atoms with Gasteiger partial charge in [-0.3, -0.25) is 4.79 Å². The molecule has 3 rings (SSSR count). The summed E-state index contributed by atoms with van der Waals surface area (Å²) in [6, 6.07) is 15.6. The molecule has 2 aromatic carbocycles. The molecule has 0 aliphatic rings. The van der Waals surface area contributed by atoms with E-state index in [-0.39, 0.29) is 12.5 Å². The van der Waals surface area contributed by atoms with Crippen molar-refractivity contribution in [2.75, 3.05) is 6.61 Å². The molecule has 1 N–H and O–H groups in total. The standard InChI is InChI=1S/C22H24N4O2/c1-15-10-11-20(12-16(15)2)28-14-22(27)24-23-13-21-17(3)25-26(18(21)4)19-8-6-5-7-9-19/h5-13H,14H2,1-4H3,(H,24,27)/b23-13-. The van der Waals surface area contributed by atoms with E-state index in [9.17, 15) is 4.79 Å². The van der Waals surface area contributed by atoms with E-state index < -0.39 is 0 Å². The van der Waals surface area contributed by atoms with Crippen LogP contribution in [0.3, 0.4) is 0 Å². The second-order valence-corrected chi connectivity index (χ2v) is 6.66. The number of rotatable bonds is 6. The van der Waals surface area contributed by atoms with E-state index in [4.69, 9.17) is 4.74 Å². The molecule has 0 spiro atoms. The molecule has 144 valence electrons. The summed E-state index contributed by atoms with van der Waals surface area (Å²) >= 11 is 0. The highest BCUT2D eigenvalue weighted by atomic mass is 16.5. The first-order valence-corrected chi connectivity index (χ1v) is 9.09. The minimum Gasteiger partial charge on any atom is -0.484 e. The number of para-hydroxylation sites is 1. The van der Waals surface area contributed by atoms with Gasteiger partial charge in [0.1, 0.15) is 5.75 Å². The molecule has 0 aliphatic carbocycles. The third-order valence-electron chi connectivity index (χ3n) is 4.58. The molecule has 6 heteroatoms. The number of ether oxygens (including phenoxy) is 1. The number of aryl methyl sites for hydroxylation is 3. The number of hydrazone groups is 1. The van der Waals surface area contributed by atoms with Gasteiger partial charge >= 0.3 is 0 Å². The largest absolute Gasteiger partial charge is 0.484 e. The Morgan fingerprint density at radius 1 is 1.11 bits per heavy atom. The van der Waals surface area contributed by atoms with Gasteiger partial charge in [0.05, 0.1) is 23.3 Å². The molecule has 3 aromatic rings. The van der Waals surface area contributed by atoms with Gasteiger partial charge in [0.25, 0.3) is 5.91 Å². The SMILES string of the molecule is Cc1ccc(OCC(=O)N/N=C\c2c(C)nn(-c3ccccc3)c2C)cc1C. The summed E-state index contributed by atoms with van der Waals surface area (Å²) in [6.07, 6.45) is 1.62. The van der Waals surface area contributed by atoms with Crippen molar-refractivity contribution >= 4 is 12.1 Å². The van der Waals surface area contributed by atoms with Gasteiger partial charge in [-0.05, 0) is 63.1 Å². The van der Waals surface area contributed by atoms with Crippen LogP contribution in [0.1, 0.15) is 28.1 Å². The minimum atomic E-state index is -0.319. The quantitative estimate of drug-likeness (QED) is 0.528. The normalized spacial score (nSPS) is 11.0. The average Bonchev–Trinajstić information content (AvgIpc) is 2.98. The van der Waals surface area contributed by atoms with Crippen LogP contribution in [0.25, 0.3) is 5.69 Å². The van der Waals surface area contributed by atoms with Gasteiger partial charge in [-0.2, -0.15) is 10.2 Å². The van der Waals surface area contributed by atoms with Crippen molar-refractivity contribution in [3.8, 4) is 11.4 Å². The lowest BCUT2D eigenvalue weighted by Gasteiger charge is -2.07. The Hall–Kier alpha value is -3.41. The van der Waals surface area contributed by atoms with E-state index in [1.54, 1.807) is 6.21 Å². The highest BCUT2D eigenvalue weighted by molar-refractivity contribution is 5.85. The zero-order valence-electron chi connectivity index (χ0n) is 16.6. The molecule has 28 heavy (non-hydrogen) atoms. The summed E-state index contributed by atoms with van der Waals surface area (Å²) in [4.78, 5) is 12.0. The predicted molar refractivity (Wildman–Crippen MR) is 110 cm³/mol. The number of nitrogens with zero attached hydrogens (tertiary/aromatic N) is 3. The summed E-state index contributed by atoms with van der Waals surface area (Å²) in [5.41, 5.74) is 8.45. The number of hydrogen-bond donors (Lipinski definition) is 1. The van der Waals surface area contributed by atoms with Gasteiger partial charge in [-0.15, -0.1) is 0 Å². The van der Waals surface area contributed by atoms with Crippen LogP contribution in [0.4, 0.5) is 0 Å². The molecule has 1 heterocycles. The lowest BCUT2D eigenvalue weighted by atomic mass is 10.1. The number of benzene rings is 2. The summed E-state index contributed by atoms with van der Waals surface area (Å²) in [5, 5.41) is 8.61. The number of carbonyl (C=O) groups is 1. The first-order valence-electron chi connectivity index (χ1n) is 9.09. The molecule has 0 aliphatic heterocycles. The van der Waals surface area contributed by atoms with Gasteiger partial charge < -0.3 is 4.74 Å². The molecular weight excluding hydrogens is 352 g/mol. The highest BCUT2D eigenvalue weighted by Gasteiger charge is 2.11. The molecule has 0 unspecified atom stereocenters. The first kappa shape index (κ1) is 19.4. The fraction of sp³-hybridized carbons (Fsp3) is 0.227. The zero-order chi connectivity index (χ0) is 20.1. The second-order valence-electron chi connectivity index (χ2n) is 6.66. The molecule has 6 nitrogen and oxygen atoms in total. The van der Waals surface area contributed by atoms with E-state index in [0.717, 1.165) is 28.2 Å². The third kappa shape index (κ3) is 4.46. The Morgan fingerprint density at radius 3 is 2.57 bits per heavy atom. The van der Waals surface area contributed by atoms with E-state index in [1.165, 1.54) is 5.56 Å². The average molecular weight is 376 g/mol. The van der Waals surface area contributed by atoms with Crippen LogP contribution in [0.5, 0.6) is 5.75 Å². The Bertz CT molecular complexity index is 1010. The molecule has 0 fully saturated rings. The van der Waals surface area contributed by atoms with E-state index in [1.807, 2.05) is 80.9 Å². The predicted octanol–water partition coefficient (Wildman–Crippen LogP) is 3.64. The van der Waals surface area contributed by atoms with Gasteiger partial charge in [0.2, 0.25) is 0 Å². The van der Waals surface area contributed by atoms with Crippen LogP contribution in [0, 0.1) is 27.7 Å². The lowest BCUT2D eigenvalue weighted by Crippen LogP contribution is -2.24. The van der Waals surface area contributed by atoms with Crippen molar-refractivity contribution in [1.29, 1.82) is 0 Å². The van der Waals surface area contributed by atoms with E-state index in [2.05, 4.69) is 15.6 Å². The van der Waals surface area contributed by atoms with E-state index in [0.29, 0.717) is 5.75 Å². The van der Waals surface area contributed by atoms with Crippen LogP contribution >= 0.6 is 0 Å². The van der Waals surface area contributed by atoms with Crippen LogP contribution < -0.4 is 10.2 Å². The molecule has 0 saturated heterocycles. The molecule has 1 aromatic heterocycles.